The minimum Gasteiger partial charge on any atom is -0.481 e. The first-order valence-electron chi connectivity index (χ1n) is 7.50. The first-order valence-corrected chi connectivity index (χ1v) is 7.50. The maximum absolute atomic E-state index is 12.4. The lowest BCUT2D eigenvalue weighted by Gasteiger charge is -2.22. The lowest BCUT2D eigenvalue weighted by molar-refractivity contribution is -0.142. The Labute approximate surface area is 121 Å². The molecule has 0 heterocycles. The molecule has 1 aliphatic carbocycles. The standard InChI is InChI=1S/C15H27NO4/c1-4-5-6-7-8-16(9-10-17)13(18)11-12(14(19)20)15(11,2)3/h11-12,17H,4-10H2,1-3H3,(H,19,20). The van der Waals surface area contributed by atoms with Crippen molar-refractivity contribution in [2.45, 2.75) is 46.5 Å². The molecule has 0 aromatic carbocycles. The molecular weight excluding hydrogens is 258 g/mol. The maximum atomic E-state index is 12.4. The number of unbranched alkanes of at least 4 members (excludes halogenated alkanes) is 3. The van der Waals surface area contributed by atoms with Crippen molar-refractivity contribution in [1.29, 1.82) is 0 Å². The van der Waals surface area contributed by atoms with Gasteiger partial charge in [0.05, 0.1) is 18.4 Å². The zero-order valence-corrected chi connectivity index (χ0v) is 12.8. The molecule has 0 bridgehead atoms. The van der Waals surface area contributed by atoms with Gasteiger partial charge in [-0.3, -0.25) is 9.59 Å². The van der Waals surface area contributed by atoms with Crippen LogP contribution < -0.4 is 0 Å². The number of carboxylic acid groups (broad SMARTS) is 1. The van der Waals surface area contributed by atoms with E-state index in [9.17, 15) is 9.59 Å². The van der Waals surface area contributed by atoms with Crippen LogP contribution in [0.25, 0.3) is 0 Å². The molecule has 0 saturated heterocycles. The zero-order valence-electron chi connectivity index (χ0n) is 12.8. The minimum atomic E-state index is -0.900. The highest BCUT2D eigenvalue weighted by atomic mass is 16.4. The Bertz CT molecular complexity index is 354. The average Bonchev–Trinajstić information content (AvgIpc) is 2.95. The van der Waals surface area contributed by atoms with E-state index in [2.05, 4.69) is 6.92 Å². The van der Waals surface area contributed by atoms with Gasteiger partial charge in [0.1, 0.15) is 0 Å². The number of rotatable bonds is 9. The fraction of sp³-hybridized carbons (Fsp3) is 0.867. The van der Waals surface area contributed by atoms with Gasteiger partial charge in [0.25, 0.3) is 0 Å². The summed E-state index contributed by atoms with van der Waals surface area (Å²) in [4.78, 5) is 25.2. The summed E-state index contributed by atoms with van der Waals surface area (Å²) >= 11 is 0. The lowest BCUT2D eigenvalue weighted by atomic mass is 10.1. The van der Waals surface area contributed by atoms with Gasteiger partial charge >= 0.3 is 5.97 Å². The Morgan fingerprint density at radius 1 is 1.10 bits per heavy atom. The van der Waals surface area contributed by atoms with Crippen molar-refractivity contribution in [3.05, 3.63) is 0 Å². The topological polar surface area (TPSA) is 77.8 Å². The largest absolute Gasteiger partial charge is 0.481 e. The van der Waals surface area contributed by atoms with E-state index < -0.39 is 23.2 Å². The smallest absolute Gasteiger partial charge is 0.307 e. The van der Waals surface area contributed by atoms with Crippen LogP contribution in [0.3, 0.4) is 0 Å². The molecule has 0 aromatic rings. The minimum absolute atomic E-state index is 0.0790. The zero-order chi connectivity index (χ0) is 15.3. The van der Waals surface area contributed by atoms with Gasteiger partial charge in [-0.05, 0) is 11.8 Å². The summed E-state index contributed by atoms with van der Waals surface area (Å²) in [7, 11) is 0. The Morgan fingerprint density at radius 2 is 1.75 bits per heavy atom. The van der Waals surface area contributed by atoms with Crippen molar-refractivity contribution in [1.82, 2.24) is 4.90 Å². The van der Waals surface area contributed by atoms with E-state index in [4.69, 9.17) is 10.2 Å². The molecule has 1 saturated carbocycles. The van der Waals surface area contributed by atoms with Crippen molar-refractivity contribution >= 4 is 11.9 Å². The normalized spacial score (nSPS) is 23.4. The highest BCUT2D eigenvalue weighted by Gasteiger charge is 2.66. The predicted octanol–water partition coefficient (Wildman–Crippen LogP) is 1.74. The summed E-state index contributed by atoms with van der Waals surface area (Å²) in [6.45, 7) is 6.60. The van der Waals surface area contributed by atoms with E-state index in [1.165, 1.54) is 0 Å². The molecule has 0 radical (unpaired) electrons. The number of amides is 1. The first kappa shape index (κ1) is 17.0. The number of aliphatic hydroxyl groups excluding tert-OH is 1. The SMILES string of the molecule is CCCCCCN(CCO)C(=O)C1C(C(=O)O)C1(C)C. The quantitative estimate of drug-likeness (QED) is 0.633. The Balaban J connectivity index is 2.59. The molecule has 0 spiro atoms. The molecule has 2 atom stereocenters. The summed E-state index contributed by atoms with van der Waals surface area (Å²) in [5.41, 5.74) is -0.472. The summed E-state index contributed by atoms with van der Waals surface area (Å²) in [6, 6.07) is 0. The third kappa shape index (κ3) is 3.72. The van der Waals surface area contributed by atoms with E-state index in [0.717, 1.165) is 25.7 Å². The van der Waals surface area contributed by atoms with Crippen LogP contribution in [-0.4, -0.2) is 46.7 Å². The van der Waals surface area contributed by atoms with Crippen molar-refractivity contribution in [3.8, 4) is 0 Å². The number of carbonyl (C=O) groups excluding carboxylic acids is 1. The second-order valence-corrected chi connectivity index (χ2v) is 6.22. The van der Waals surface area contributed by atoms with Crippen LogP contribution in [0, 0.1) is 17.3 Å². The summed E-state index contributed by atoms with van der Waals surface area (Å²) in [5, 5.41) is 18.2. The van der Waals surface area contributed by atoms with Gasteiger partial charge in [-0.2, -0.15) is 0 Å². The van der Waals surface area contributed by atoms with Crippen molar-refractivity contribution < 1.29 is 19.8 Å². The van der Waals surface area contributed by atoms with Crippen molar-refractivity contribution in [2.24, 2.45) is 17.3 Å². The molecular formula is C15H27NO4. The molecule has 1 fully saturated rings. The van der Waals surface area contributed by atoms with Crippen molar-refractivity contribution in [2.75, 3.05) is 19.7 Å². The third-order valence-electron chi connectivity index (χ3n) is 4.32. The Kier molecular flexibility index (Phi) is 5.99. The highest BCUT2D eigenvalue weighted by molar-refractivity contribution is 5.91. The number of hydrogen-bond acceptors (Lipinski definition) is 3. The molecule has 2 N–H and O–H groups in total. The van der Waals surface area contributed by atoms with Crippen LogP contribution in [0.1, 0.15) is 46.5 Å². The fourth-order valence-electron chi connectivity index (χ4n) is 2.94. The van der Waals surface area contributed by atoms with Gasteiger partial charge < -0.3 is 15.1 Å². The van der Waals surface area contributed by atoms with Gasteiger partial charge in [-0.25, -0.2) is 0 Å². The number of aliphatic carboxylic acids is 1. The van der Waals surface area contributed by atoms with E-state index in [1.54, 1.807) is 4.90 Å². The molecule has 5 nitrogen and oxygen atoms in total. The number of hydrogen-bond donors (Lipinski definition) is 2. The fourth-order valence-corrected chi connectivity index (χ4v) is 2.94. The monoisotopic (exact) mass is 285 g/mol. The summed E-state index contributed by atoms with van der Waals surface area (Å²) < 4.78 is 0. The van der Waals surface area contributed by atoms with Crippen LogP contribution in [0.15, 0.2) is 0 Å². The van der Waals surface area contributed by atoms with Crippen LogP contribution in [0.2, 0.25) is 0 Å². The number of carbonyl (C=O) groups is 2. The molecule has 1 rings (SSSR count). The molecule has 0 aromatic heterocycles. The number of carboxylic acids is 1. The Morgan fingerprint density at radius 3 is 2.20 bits per heavy atom. The lowest BCUT2D eigenvalue weighted by Crippen LogP contribution is -2.36. The van der Waals surface area contributed by atoms with Crippen molar-refractivity contribution in [3.63, 3.8) is 0 Å². The van der Waals surface area contributed by atoms with Gasteiger partial charge in [-0.1, -0.05) is 40.0 Å². The molecule has 1 aliphatic rings. The maximum Gasteiger partial charge on any atom is 0.307 e. The van der Waals surface area contributed by atoms with Gasteiger partial charge in [-0.15, -0.1) is 0 Å². The van der Waals surface area contributed by atoms with Crippen LogP contribution >= 0.6 is 0 Å². The van der Waals surface area contributed by atoms with Gasteiger partial charge in [0.2, 0.25) is 5.91 Å². The first-order chi connectivity index (χ1) is 9.37. The van der Waals surface area contributed by atoms with E-state index >= 15 is 0 Å². The van der Waals surface area contributed by atoms with Gasteiger partial charge in [0, 0.05) is 13.1 Å². The summed E-state index contributed by atoms with van der Waals surface area (Å²) in [5.74, 6) is -2.05. The number of nitrogens with zero attached hydrogens (tertiary/aromatic N) is 1. The predicted molar refractivity (Wildman–Crippen MR) is 76.2 cm³/mol. The molecule has 1 amide bonds. The average molecular weight is 285 g/mol. The summed E-state index contributed by atoms with van der Waals surface area (Å²) in [6.07, 6.45) is 4.23. The Hall–Kier alpha value is -1.10. The van der Waals surface area contributed by atoms with E-state index in [1.807, 2.05) is 13.8 Å². The molecule has 20 heavy (non-hydrogen) atoms. The molecule has 0 aliphatic heterocycles. The second kappa shape index (κ2) is 7.07. The van der Waals surface area contributed by atoms with Crippen LogP contribution in [0.5, 0.6) is 0 Å². The third-order valence-corrected chi connectivity index (χ3v) is 4.32. The second-order valence-electron chi connectivity index (χ2n) is 6.22. The van der Waals surface area contributed by atoms with E-state index in [0.29, 0.717) is 13.1 Å². The molecule has 116 valence electrons. The number of aliphatic hydroxyl groups is 1. The molecule has 2 unspecified atom stereocenters. The molecule has 5 heteroatoms. The van der Waals surface area contributed by atoms with Gasteiger partial charge in [0.15, 0.2) is 0 Å². The van der Waals surface area contributed by atoms with E-state index in [-0.39, 0.29) is 12.5 Å². The van der Waals surface area contributed by atoms with Crippen LogP contribution in [-0.2, 0) is 9.59 Å². The highest BCUT2D eigenvalue weighted by Crippen LogP contribution is 2.59. The van der Waals surface area contributed by atoms with Crippen LogP contribution in [0.4, 0.5) is 0 Å².